The number of anilines is 2. The zero-order chi connectivity index (χ0) is 23.3. The third-order valence-corrected chi connectivity index (χ3v) is 6.89. The molecule has 0 aliphatic carbocycles. The van der Waals surface area contributed by atoms with E-state index in [-0.39, 0.29) is 23.0 Å². The highest BCUT2D eigenvalue weighted by atomic mass is 32.2. The third kappa shape index (κ3) is 5.65. The number of carbonyl (C=O) groups excluding carboxylic acids is 1. The smallest absolute Gasteiger partial charge is 0.263 e. The summed E-state index contributed by atoms with van der Waals surface area (Å²) in [6.07, 6.45) is 1.96. The van der Waals surface area contributed by atoms with Crippen molar-refractivity contribution in [2.24, 2.45) is 0 Å². The standard InChI is InChI=1S/C23H25N5O4S/c29-21(18-4-2-1-3-5-18)16-23(30)28-14-12-27(13-15-28)19-6-8-20(9-7-19)33(31,32)26-22-10-11-24-17-25-22/h1-11,17,21,29H,12-16H2,(H,24,25,26). The fraction of sp³-hybridized carbons (Fsp3) is 0.261. The first kappa shape index (κ1) is 22.7. The molecular formula is C23H25N5O4S. The van der Waals surface area contributed by atoms with Crippen LogP contribution in [0.2, 0.25) is 0 Å². The number of aliphatic hydroxyl groups excluding tert-OH is 1. The van der Waals surface area contributed by atoms with Crippen molar-refractivity contribution >= 4 is 27.4 Å². The number of sulfonamides is 1. The summed E-state index contributed by atoms with van der Waals surface area (Å²) in [5.74, 6) is 0.121. The van der Waals surface area contributed by atoms with Crippen LogP contribution in [0.25, 0.3) is 0 Å². The second-order valence-corrected chi connectivity index (χ2v) is 9.37. The molecule has 4 rings (SSSR count). The number of amides is 1. The van der Waals surface area contributed by atoms with E-state index in [1.807, 2.05) is 30.3 Å². The monoisotopic (exact) mass is 467 g/mol. The van der Waals surface area contributed by atoms with Crippen molar-refractivity contribution in [3.63, 3.8) is 0 Å². The normalized spacial score (nSPS) is 15.2. The molecule has 10 heteroatoms. The van der Waals surface area contributed by atoms with Crippen molar-refractivity contribution in [3.05, 3.63) is 78.8 Å². The maximum atomic E-state index is 12.6. The zero-order valence-electron chi connectivity index (χ0n) is 17.9. The molecule has 1 saturated heterocycles. The fourth-order valence-electron chi connectivity index (χ4n) is 3.69. The van der Waals surface area contributed by atoms with Gasteiger partial charge in [-0.15, -0.1) is 0 Å². The first-order valence-corrected chi connectivity index (χ1v) is 12.1. The molecule has 1 aliphatic rings. The highest BCUT2D eigenvalue weighted by Gasteiger charge is 2.24. The van der Waals surface area contributed by atoms with Crippen LogP contribution in [0.5, 0.6) is 0 Å². The molecule has 0 bridgehead atoms. The summed E-state index contributed by atoms with van der Waals surface area (Å²) in [5.41, 5.74) is 1.61. The van der Waals surface area contributed by atoms with Crippen LogP contribution in [0, 0.1) is 0 Å². The topological polar surface area (TPSA) is 116 Å². The molecule has 2 heterocycles. The summed E-state index contributed by atoms with van der Waals surface area (Å²) >= 11 is 0. The second-order valence-electron chi connectivity index (χ2n) is 7.69. The van der Waals surface area contributed by atoms with Crippen molar-refractivity contribution in [2.45, 2.75) is 17.4 Å². The van der Waals surface area contributed by atoms with Crippen molar-refractivity contribution in [1.29, 1.82) is 0 Å². The summed E-state index contributed by atoms with van der Waals surface area (Å²) in [6.45, 7) is 2.32. The molecular weight excluding hydrogens is 442 g/mol. The molecule has 1 aromatic heterocycles. The number of aliphatic hydroxyl groups is 1. The van der Waals surface area contributed by atoms with Gasteiger partial charge in [0.15, 0.2) is 0 Å². The zero-order valence-corrected chi connectivity index (χ0v) is 18.7. The van der Waals surface area contributed by atoms with Crippen molar-refractivity contribution in [3.8, 4) is 0 Å². The Kier molecular flexibility index (Phi) is 6.85. The Morgan fingerprint density at radius 1 is 1.00 bits per heavy atom. The van der Waals surface area contributed by atoms with Gasteiger partial charge in [0, 0.05) is 38.1 Å². The molecule has 1 atom stereocenters. The van der Waals surface area contributed by atoms with E-state index in [2.05, 4.69) is 19.6 Å². The largest absolute Gasteiger partial charge is 0.388 e. The lowest BCUT2D eigenvalue weighted by molar-refractivity contribution is -0.133. The second kappa shape index (κ2) is 9.97. The van der Waals surface area contributed by atoms with Gasteiger partial charge in [0.1, 0.15) is 12.1 Å². The molecule has 9 nitrogen and oxygen atoms in total. The van der Waals surface area contributed by atoms with Crippen LogP contribution in [0.1, 0.15) is 18.1 Å². The number of rotatable bonds is 7. The van der Waals surface area contributed by atoms with Crippen LogP contribution >= 0.6 is 0 Å². The lowest BCUT2D eigenvalue weighted by atomic mass is 10.1. The molecule has 1 fully saturated rings. The van der Waals surface area contributed by atoms with Crippen molar-refractivity contribution in [1.82, 2.24) is 14.9 Å². The van der Waals surface area contributed by atoms with E-state index < -0.39 is 16.1 Å². The third-order valence-electron chi connectivity index (χ3n) is 5.52. The lowest BCUT2D eigenvalue weighted by Crippen LogP contribution is -2.49. The molecule has 2 N–H and O–H groups in total. The molecule has 1 aliphatic heterocycles. The molecule has 1 amide bonds. The Morgan fingerprint density at radius 2 is 1.70 bits per heavy atom. The van der Waals surface area contributed by atoms with E-state index in [1.54, 1.807) is 29.2 Å². The first-order chi connectivity index (χ1) is 15.9. The quantitative estimate of drug-likeness (QED) is 0.546. The Balaban J connectivity index is 1.32. The Hall–Kier alpha value is -3.50. The number of nitrogens with one attached hydrogen (secondary N) is 1. The number of hydrogen-bond acceptors (Lipinski definition) is 7. The number of nitrogens with zero attached hydrogens (tertiary/aromatic N) is 4. The fourth-order valence-corrected chi connectivity index (χ4v) is 4.69. The number of hydrogen-bond donors (Lipinski definition) is 2. The van der Waals surface area contributed by atoms with E-state index in [4.69, 9.17) is 0 Å². The van der Waals surface area contributed by atoms with Gasteiger partial charge in [-0.1, -0.05) is 30.3 Å². The number of aromatic nitrogens is 2. The van der Waals surface area contributed by atoms with E-state index >= 15 is 0 Å². The van der Waals surface area contributed by atoms with Crippen LogP contribution in [-0.4, -0.2) is 60.5 Å². The van der Waals surface area contributed by atoms with E-state index in [0.29, 0.717) is 26.2 Å². The summed E-state index contributed by atoms with van der Waals surface area (Å²) in [7, 11) is -3.75. The van der Waals surface area contributed by atoms with Crippen molar-refractivity contribution < 1.29 is 18.3 Å². The van der Waals surface area contributed by atoms with Gasteiger partial charge in [-0.25, -0.2) is 18.4 Å². The molecule has 3 aromatic rings. The summed E-state index contributed by atoms with van der Waals surface area (Å²) in [4.78, 5) is 24.2. The Labute approximate surface area is 192 Å². The summed E-state index contributed by atoms with van der Waals surface area (Å²) < 4.78 is 27.5. The van der Waals surface area contributed by atoms with Crippen LogP contribution in [0.3, 0.4) is 0 Å². The summed E-state index contributed by atoms with van der Waals surface area (Å²) in [6, 6.07) is 17.2. The molecule has 2 aromatic carbocycles. The maximum absolute atomic E-state index is 12.6. The predicted octanol–water partition coefficient (Wildman–Crippen LogP) is 2.05. The Bertz CT molecular complexity index is 1170. The van der Waals surface area contributed by atoms with Crippen LogP contribution in [-0.2, 0) is 14.8 Å². The number of piperazine rings is 1. The molecule has 172 valence electrons. The average molecular weight is 468 g/mol. The average Bonchev–Trinajstić information content (AvgIpc) is 2.85. The van der Waals surface area contributed by atoms with Gasteiger partial charge in [0.25, 0.3) is 10.0 Å². The minimum absolute atomic E-state index is 0.0515. The van der Waals surface area contributed by atoms with E-state index in [9.17, 15) is 18.3 Å². The van der Waals surface area contributed by atoms with Crippen molar-refractivity contribution in [2.75, 3.05) is 35.8 Å². The molecule has 33 heavy (non-hydrogen) atoms. The molecule has 0 radical (unpaired) electrons. The van der Waals surface area contributed by atoms with Gasteiger partial charge in [-0.3, -0.25) is 9.52 Å². The number of benzene rings is 2. The van der Waals surface area contributed by atoms with Crippen LogP contribution in [0.15, 0.2) is 78.1 Å². The van der Waals surface area contributed by atoms with Gasteiger partial charge < -0.3 is 14.9 Å². The predicted molar refractivity (Wildman–Crippen MR) is 124 cm³/mol. The molecule has 1 unspecified atom stereocenters. The SMILES string of the molecule is O=C(CC(O)c1ccccc1)N1CCN(c2ccc(S(=O)(=O)Nc3ccncn3)cc2)CC1. The van der Waals surface area contributed by atoms with Gasteiger partial charge in [-0.2, -0.15) is 0 Å². The van der Waals surface area contributed by atoms with Gasteiger partial charge in [0.2, 0.25) is 5.91 Å². The number of carbonyl (C=O) groups is 1. The van der Waals surface area contributed by atoms with Gasteiger partial charge >= 0.3 is 0 Å². The minimum Gasteiger partial charge on any atom is -0.388 e. The highest BCUT2D eigenvalue weighted by molar-refractivity contribution is 7.92. The minimum atomic E-state index is -3.75. The maximum Gasteiger partial charge on any atom is 0.263 e. The lowest BCUT2D eigenvalue weighted by Gasteiger charge is -2.36. The van der Waals surface area contributed by atoms with E-state index in [0.717, 1.165) is 11.3 Å². The summed E-state index contributed by atoms with van der Waals surface area (Å²) in [5, 5.41) is 10.3. The highest BCUT2D eigenvalue weighted by Crippen LogP contribution is 2.22. The van der Waals surface area contributed by atoms with E-state index in [1.165, 1.54) is 18.6 Å². The Morgan fingerprint density at radius 3 is 2.33 bits per heavy atom. The molecule has 0 spiro atoms. The van der Waals surface area contributed by atoms with Crippen LogP contribution in [0.4, 0.5) is 11.5 Å². The first-order valence-electron chi connectivity index (χ1n) is 10.6. The van der Waals surface area contributed by atoms with Gasteiger partial charge in [-0.05, 0) is 35.9 Å². The van der Waals surface area contributed by atoms with Gasteiger partial charge in [0.05, 0.1) is 17.4 Å². The van der Waals surface area contributed by atoms with Crippen LogP contribution < -0.4 is 9.62 Å². The molecule has 0 saturated carbocycles.